The largest absolute Gasteiger partial charge is 0.369 e. The molecule has 1 saturated heterocycles. The lowest BCUT2D eigenvalue weighted by Gasteiger charge is -2.29. The van der Waals surface area contributed by atoms with Crippen molar-refractivity contribution in [2.75, 3.05) is 13.2 Å². The monoisotopic (exact) mass is 348 g/mol. The van der Waals surface area contributed by atoms with Crippen LogP contribution in [0.25, 0.3) is 0 Å². The van der Waals surface area contributed by atoms with E-state index in [2.05, 4.69) is 15.9 Å². The number of hydrogen-bond acceptors (Lipinski definition) is 3. The fraction of sp³-hybridized carbons (Fsp3) is 0.294. The van der Waals surface area contributed by atoms with E-state index in [-0.39, 0.29) is 12.4 Å². The highest BCUT2D eigenvalue weighted by atomic mass is 79.9. The molecule has 0 amide bonds. The summed E-state index contributed by atoms with van der Waals surface area (Å²) in [4.78, 5) is 0. The molecule has 0 aliphatic carbocycles. The van der Waals surface area contributed by atoms with Crippen molar-refractivity contribution in [1.82, 2.24) is 0 Å². The van der Waals surface area contributed by atoms with Crippen LogP contribution in [-0.2, 0) is 20.8 Å². The predicted octanol–water partition coefficient (Wildman–Crippen LogP) is 4.08. The van der Waals surface area contributed by atoms with Crippen LogP contribution < -0.4 is 0 Å². The summed E-state index contributed by atoms with van der Waals surface area (Å²) in [7, 11) is 0. The van der Waals surface area contributed by atoms with Gasteiger partial charge in [-0.25, -0.2) is 0 Å². The number of halogens is 1. The molecule has 0 N–H and O–H groups in total. The first-order valence-electron chi connectivity index (χ1n) is 6.96. The van der Waals surface area contributed by atoms with Crippen LogP contribution >= 0.6 is 15.9 Å². The van der Waals surface area contributed by atoms with Gasteiger partial charge in [-0.05, 0) is 11.6 Å². The van der Waals surface area contributed by atoms with Crippen molar-refractivity contribution in [2.45, 2.75) is 19.0 Å². The number of rotatable bonds is 4. The second-order valence-electron chi connectivity index (χ2n) is 4.93. The van der Waals surface area contributed by atoms with Gasteiger partial charge in [0.25, 0.3) is 0 Å². The smallest absolute Gasteiger partial charge is 0.184 e. The van der Waals surface area contributed by atoms with E-state index < -0.39 is 0 Å². The molecule has 0 unspecified atom stereocenters. The SMILES string of the molecule is Brc1ccccc1COC1COC(c2ccccc2)OC1. The first kappa shape index (κ1) is 14.7. The lowest BCUT2D eigenvalue weighted by molar-refractivity contribution is -0.232. The molecule has 1 heterocycles. The van der Waals surface area contributed by atoms with E-state index in [1.54, 1.807) is 0 Å². The lowest BCUT2D eigenvalue weighted by atomic mass is 10.2. The zero-order chi connectivity index (χ0) is 14.5. The van der Waals surface area contributed by atoms with Crippen molar-refractivity contribution in [3.8, 4) is 0 Å². The van der Waals surface area contributed by atoms with Gasteiger partial charge in [-0.15, -0.1) is 0 Å². The molecule has 21 heavy (non-hydrogen) atoms. The van der Waals surface area contributed by atoms with Gasteiger partial charge in [-0.3, -0.25) is 0 Å². The summed E-state index contributed by atoms with van der Waals surface area (Å²) in [6, 6.07) is 18.0. The molecule has 4 heteroatoms. The van der Waals surface area contributed by atoms with Crippen LogP contribution in [0.3, 0.4) is 0 Å². The van der Waals surface area contributed by atoms with Crippen LogP contribution in [0.15, 0.2) is 59.1 Å². The van der Waals surface area contributed by atoms with Gasteiger partial charge < -0.3 is 14.2 Å². The Bertz CT molecular complexity index is 565. The highest BCUT2D eigenvalue weighted by molar-refractivity contribution is 9.10. The summed E-state index contributed by atoms with van der Waals surface area (Å²) < 4.78 is 18.4. The minimum atomic E-state index is -0.283. The van der Waals surface area contributed by atoms with Crippen LogP contribution in [0.5, 0.6) is 0 Å². The Balaban J connectivity index is 1.49. The predicted molar refractivity (Wildman–Crippen MR) is 83.8 cm³/mol. The fourth-order valence-electron chi connectivity index (χ4n) is 2.21. The number of benzene rings is 2. The third kappa shape index (κ3) is 3.92. The van der Waals surface area contributed by atoms with Crippen LogP contribution in [0, 0.1) is 0 Å². The lowest BCUT2D eigenvalue weighted by Crippen LogP contribution is -2.33. The minimum Gasteiger partial charge on any atom is -0.369 e. The van der Waals surface area contributed by atoms with Gasteiger partial charge in [0.15, 0.2) is 6.29 Å². The molecule has 3 rings (SSSR count). The van der Waals surface area contributed by atoms with Gasteiger partial charge >= 0.3 is 0 Å². The number of hydrogen-bond donors (Lipinski definition) is 0. The highest BCUT2D eigenvalue weighted by Gasteiger charge is 2.23. The molecule has 110 valence electrons. The van der Waals surface area contributed by atoms with E-state index in [4.69, 9.17) is 14.2 Å². The van der Waals surface area contributed by atoms with E-state index in [9.17, 15) is 0 Å². The minimum absolute atomic E-state index is 0.0305. The zero-order valence-electron chi connectivity index (χ0n) is 11.6. The van der Waals surface area contributed by atoms with Gasteiger partial charge in [0.05, 0.1) is 19.8 Å². The zero-order valence-corrected chi connectivity index (χ0v) is 13.2. The van der Waals surface area contributed by atoms with E-state index in [1.165, 1.54) is 0 Å². The second kappa shape index (κ2) is 7.18. The molecule has 1 aliphatic heterocycles. The van der Waals surface area contributed by atoms with Crippen LogP contribution in [0.2, 0.25) is 0 Å². The molecule has 0 atom stereocenters. The van der Waals surface area contributed by atoms with E-state index in [0.717, 1.165) is 15.6 Å². The van der Waals surface area contributed by atoms with Gasteiger partial charge in [0, 0.05) is 10.0 Å². The van der Waals surface area contributed by atoms with Crippen molar-refractivity contribution in [1.29, 1.82) is 0 Å². The molecule has 2 aromatic carbocycles. The summed E-state index contributed by atoms with van der Waals surface area (Å²) in [6.45, 7) is 1.64. The van der Waals surface area contributed by atoms with Crippen LogP contribution in [0.1, 0.15) is 17.4 Å². The molecule has 0 bridgehead atoms. The molecule has 0 aromatic heterocycles. The van der Waals surface area contributed by atoms with E-state index in [1.807, 2.05) is 54.6 Å². The summed E-state index contributed by atoms with van der Waals surface area (Å²) in [5.41, 5.74) is 2.17. The molecule has 0 saturated carbocycles. The third-order valence-electron chi connectivity index (χ3n) is 3.37. The van der Waals surface area contributed by atoms with Gasteiger partial charge in [-0.2, -0.15) is 0 Å². The standard InChI is InChI=1S/C17H17BrO3/c18-16-9-5-4-8-14(16)10-19-15-11-20-17(21-12-15)13-6-2-1-3-7-13/h1-9,15,17H,10-12H2. The molecule has 3 nitrogen and oxygen atoms in total. The third-order valence-corrected chi connectivity index (χ3v) is 4.14. The van der Waals surface area contributed by atoms with Crippen LogP contribution in [0.4, 0.5) is 0 Å². The Labute approximate surface area is 133 Å². The molecule has 0 spiro atoms. The van der Waals surface area contributed by atoms with Gasteiger partial charge in [-0.1, -0.05) is 64.5 Å². The first-order chi connectivity index (χ1) is 10.3. The summed E-state index contributed by atoms with van der Waals surface area (Å²) in [5, 5.41) is 0. The van der Waals surface area contributed by atoms with Gasteiger partial charge in [0.2, 0.25) is 0 Å². The molecule has 1 aliphatic rings. The van der Waals surface area contributed by atoms with Crippen molar-refractivity contribution in [3.05, 3.63) is 70.2 Å². The Morgan fingerprint density at radius 3 is 2.33 bits per heavy atom. The molecule has 1 fully saturated rings. The normalized spacial score (nSPS) is 22.1. The van der Waals surface area contributed by atoms with Gasteiger partial charge in [0.1, 0.15) is 6.10 Å². The van der Waals surface area contributed by atoms with Crippen molar-refractivity contribution in [2.24, 2.45) is 0 Å². The molecular formula is C17H17BrO3. The fourth-order valence-corrected chi connectivity index (χ4v) is 2.61. The Hall–Kier alpha value is -1.20. The topological polar surface area (TPSA) is 27.7 Å². The maximum Gasteiger partial charge on any atom is 0.184 e. The first-order valence-corrected chi connectivity index (χ1v) is 7.75. The highest BCUT2D eigenvalue weighted by Crippen LogP contribution is 2.24. The molecule has 0 radical (unpaired) electrons. The summed E-state index contributed by atoms with van der Waals surface area (Å²) >= 11 is 3.52. The second-order valence-corrected chi connectivity index (χ2v) is 5.79. The Kier molecular flexibility index (Phi) is 5.04. The Morgan fingerprint density at radius 1 is 0.952 bits per heavy atom. The maximum atomic E-state index is 5.85. The number of ether oxygens (including phenoxy) is 3. The average Bonchev–Trinajstić information content (AvgIpc) is 2.55. The van der Waals surface area contributed by atoms with Crippen molar-refractivity contribution in [3.63, 3.8) is 0 Å². The molecule has 2 aromatic rings. The van der Waals surface area contributed by atoms with Crippen LogP contribution in [-0.4, -0.2) is 19.3 Å². The van der Waals surface area contributed by atoms with E-state index in [0.29, 0.717) is 19.8 Å². The Morgan fingerprint density at radius 2 is 1.62 bits per heavy atom. The summed E-state index contributed by atoms with van der Waals surface area (Å²) in [6.07, 6.45) is -0.313. The van der Waals surface area contributed by atoms with Crippen molar-refractivity contribution >= 4 is 15.9 Å². The maximum absolute atomic E-state index is 5.85. The summed E-state index contributed by atoms with van der Waals surface area (Å²) in [5.74, 6) is 0. The average molecular weight is 349 g/mol. The van der Waals surface area contributed by atoms with E-state index >= 15 is 0 Å². The quantitative estimate of drug-likeness (QED) is 0.833. The molecular weight excluding hydrogens is 332 g/mol. The van der Waals surface area contributed by atoms with Crippen molar-refractivity contribution < 1.29 is 14.2 Å².